The quantitative estimate of drug-likeness (QED) is 0.473. The molecule has 0 unspecified atom stereocenters. The van der Waals surface area contributed by atoms with Crippen LogP contribution in [-0.4, -0.2) is 52.8 Å². The van der Waals surface area contributed by atoms with E-state index in [9.17, 15) is 19.5 Å². The average molecular weight is 485 g/mol. The number of ether oxygens (including phenoxy) is 4. The Morgan fingerprint density at radius 1 is 1.06 bits per heavy atom. The molecule has 7 rings (SSSR count). The number of epoxide rings is 1. The van der Waals surface area contributed by atoms with Crippen LogP contribution in [0.15, 0.2) is 34.3 Å². The highest BCUT2D eigenvalue weighted by Crippen LogP contribution is 2.79. The van der Waals surface area contributed by atoms with E-state index in [0.29, 0.717) is 24.0 Å². The molecule has 2 spiro atoms. The Hall–Kier alpha value is -2.65. The Morgan fingerprint density at radius 3 is 2.54 bits per heavy atom. The molecule has 0 aromatic carbocycles. The molecule has 5 fully saturated rings. The summed E-state index contributed by atoms with van der Waals surface area (Å²) in [5.74, 6) is -2.07. The zero-order valence-corrected chi connectivity index (χ0v) is 20.1. The number of cyclic esters (lactones) is 2. The van der Waals surface area contributed by atoms with Gasteiger partial charge in [0, 0.05) is 16.6 Å². The van der Waals surface area contributed by atoms with Crippen molar-refractivity contribution in [2.45, 2.75) is 76.5 Å². The maximum absolute atomic E-state index is 14.3. The Kier molecular flexibility index (Phi) is 3.71. The van der Waals surface area contributed by atoms with Gasteiger partial charge >= 0.3 is 11.9 Å². The van der Waals surface area contributed by atoms with E-state index in [2.05, 4.69) is 0 Å². The molecule has 1 aromatic rings. The van der Waals surface area contributed by atoms with Gasteiger partial charge < -0.3 is 28.5 Å². The Balaban J connectivity index is 1.47. The standard InChI is InChI=1S/C26H28O9/c1-22(2)17-16(28)18(29)24(4)13(25(17)11-32-15(27)9-14(25)34-22)5-7-23(3)19(12-6-8-31-10-12)33-21(30)20-26(23,24)35-20/h6,8,10,13-14,19-20,28H,5,7,9,11H2,1-4H3/t13-,14-,19-,20+,23-,24-,25-,26+/m1/s1. The third-order valence-electron chi connectivity index (χ3n) is 10.2. The monoisotopic (exact) mass is 484 g/mol. The lowest BCUT2D eigenvalue weighted by Gasteiger charge is -2.63. The second-order valence-corrected chi connectivity index (χ2v) is 11.9. The van der Waals surface area contributed by atoms with Gasteiger partial charge in [0.05, 0.1) is 41.5 Å². The zero-order chi connectivity index (χ0) is 24.8. The molecule has 9 nitrogen and oxygen atoms in total. The van der Waals surface area contributed by atoms with Crippen molar-refractivity contribution in [1.82, 2.24) is 0 Å². The molecule has 4 saturated heterocycles. The van der Waals surface area contributed by atoms with Gasteiger partial charge in [0.1, 0.15) is 18.3 Å². The molecule has 35 heavy (non-hydrogen) atoms. The number of Topliss-reactive ketones (excluding diaryl/α,β-unsaturated/α-hetero) is 1. The zero-order valence-electron chi connectivity index (χ0n) is 20.1. The van der Waals surface area contributed by atoms with Crippen molar-refractivity contribution < 1.29 is 42.9 Å². The summed E-state index contributed by atoms with van der Waals surface area (Å²) in [5.41, 5.74) is -3.85. The Bertz CT molecular complexity index is 1230. The van der Waals surface area contributed by atoms with E-state index in [1.807, 2.05) is 27.7 Å². The molecule has 4 aliphatic heterocycles. The van der Waals surface area contributed by atoms with E-state index in [-0.39, 0.29) is 30.7 Å². The van der Waals surface area contributed by atoms with E-state index >= 15 is 0 Å². The van der Waals surface area contributed by atoms with E-state index in [0.717, 1.165) is 0 Å². The molecule has 2 aliphatic carbocycles. The molecule has 0 bridgehead atoms. The van der Waals surface area contributed by atoms with Gasteiger partial charge in [-0.25, -0.2) is 4.79 Å². The van der Waals surface area contributed by atoms with Gasteiger partial charge in [0.15, 0.2) is 11.9 Å². The lowest BCUT2D eigenvalue weighted by atomic mass is 9.39. The van der Waals surface area contributed by atoms with E-state index < -0.39 is 57.5 Å². The van der Waals surface area contributed by atoms with Crippen LogP contribution in [0.25, 0.3) is 0 Å². The maximum atomic E-state index is 14.3. The number of carbonyl (C=O) groups excluding carboxylic acids is 3. The number of aliphatic hydroxyl groups is 1. The minimum absolute atomic E-state index is 0.0138. The molecule has 0 amide bonds. The smallest absolute Gasteiger partial charge is 0.339 e. The van der Waals surface area contributed by atoms with E-state index in [1.165, 1.54) is 6.26 Å². The molecule has 186 valence electrons. The fourth-order valence-electron chi connectivity index (χ4n) is 8.96. The number of furan rings is 1. The van der Waals surface area contributed by atoms with Gasteiger partial charge in [-0.1, -0.05) is 6.92 Å². The van der Waals surface area contributed by atoms with E-state index in [1.54, 1.807) is 12.3 Å². The fraction of sp³-hybridized carbons (Fsp3) is 0.654. The number of rotatable bonds is 1. The molecule has 9 heteroatoms. The van der Waals surface area contributed by atoms with Crippen LogP contribution >= 0.6 is 0 Å². The largest absolute Gasteiger partial charge is 0.504 e. The summed E-state index contributed by atoms with van der Waals surface area (Å²) in [6.45, 7) is 7.44. The van der Waals surface area contributed by atoms with Crippen molar-refractivity contribution in [2.75, 3.05) is 6.61 Å². The van der Waals surface area contributed by atoms with Crippen LogP contribution in [0.3, 0.4) is 0 Å². The van der Waals surface area contributed by atoms with Crippen molar-refractivity contribution >= 4 is 17.7 Å². The van der Waals surface area contributed by atoms with Crippen LogP contribution in [0.2, 0.25) is 0 Å². The number of hydrogen-bond acceptors (Lipinski definition) is 9. The molecule has 6 aliphatic rings. The van der Waals surface area contributed by atoms with Crippen LogP contribution < -0.4 is 0 Å². The second kappa shape index (κ2) is 6.00. The van der Waals surface area contributed by atoms with Gasteiger partial charge in [-0.05, 0) is 45.6 Å². The molecule has 1 aromatic heterocycles. The van der Waals surface area contributed by atoms with Gasteiger partial charge in [0.25, 0.3) is 0 Å². The van der Waals surface area contributed by atoms with Crippen LogP contribution in [-0.2, 0) is 33.3 Å². The lowest BCUT2D eigenvalue weighted by molar-refractivity contribution is -0.212. The van der Waals surface area contributed by atoms with Gasteiger partial charge in [-0.2, -0.15) is 0 Å². The van der Waals surface area contributed by atoms with Crippen molar-refractivity contribution in [3.05, 3.63) is 35.5 Å². The molecule has 1 saturated carbocycles. The first-order chi connectivity index (χ1) is 16.4. The third kappa shape index (κ3) is 2.07. The Labute approximate surface area is 201 Å². The summed E-state index contributed by atoms with van der Waals surface area (Å²) in [7, 11) is 0. The van der Waals surface area contributed by atoms with E-state index in [4.69, 9.17) is 23.4 Å². The van der Waals surface area contributed by atoms with Crippen LogP contribution in [0.5, 0.6) is 0 Å². The van der Waals surface area contributed by atoms with Crippen LogP contribution in [0.4, 0.5) is 0 Å². The summed E-state index contributed by atoms with van der Waals surface area (Å²) in [4.78, 5) is 39.7. The SMILES string of the molecule is CC1(C)O[C@@H]2CC(=O)OC[C@]23C1=C(O)C(=O)[C@@]1(C)[C@H]3CC[C@]2(C)[C@@H](c3ccoc3)OC(=O)[C@@H]3O[C@]312. The number of hydrogen-bond donors (Lipinski definition) is 1. The lowest BCUT2D eigenvalue weighted by Crippen LogP contribution is -2.71. The minimum Gasteiger partial charge on any atom is -0.504 e. The highest BCUT2D eigenvalue weighted by Gasteiger charge is 2.90. The van der Waals surface area contributed by atoms with Crippen molar-refractivity contribution in [2.24, 2.45) is 22.2 Å². The molecule has 8 atom stereocenters. The number of esters is 2. The average Bonchev–Trinajstić information content (AvgIpc) is 3.26. The summed E-state index contributed by atoms with van der Waals surface area (Å²) in [6, 6.07) is 1.76. The highest BCUT2D eigenvalue weighted by molar-refractivity contribution is 6.03. The van der Waals surface area contributed by atoms with Gasteiger partial charge in [-0.3, -0.25) is 9.59 Å². The molecule has 1 N–H and O–H groups in total. The molecule has 5 heterocycles. The van der Waals surface area contributed by atoms with Crippen LogP contribution in [0.1, 0.15) is 58.6 Å². The summed E-state index contributed by atoms with van der Waals surface area (Å²) in [6.07, 6.45) is 2.15. The number of allylic oxidation sites excluding steroid dienone is 1. The minimum atomic E-state index is -1.27. The highest BCUT2D eigenvalue weighted by atomic mass is 16.7. The number of aliphatic hydroxyl groups excluding tert-OH is 1. The first kappa shape index (κ1) is 21.6. The van der Waals surface area contributed by atoms with Crippen molar-refractivity contribution in [3.8, 4) is 0 Å². The number of ketones is 1. The van der Waals surface area contributed by atoms with Crippen LogP contribution in [0, 0.1) is 22.2 Å². The first-order valence-corrected chi connectivity index (χ1v) is 12.2. The Morgan fingerprint density at radius 2 is 1.83 bits per heavy atom. The molecular formula is C26H28O9. The van der Waals surface area contributed by atoms with Crippen molar-refractivity contribution in [1.29, 1.82) is 0 Å². The topological polar surface area (TPSA) is 125 Å². The van der Waals surface area contributed by atoms with Gasteiger partial charge in [0.2, 0.25) is 5.78 Å². The normalized spacial score (nSPS) is 49.2. The fourth-order valence-corrected chi connectivity index (χ4v) is 8.96. The number of carbonyl (C=O) groups is 3. The summed E-state index contributed by atoms with van der Waals surface area (Å²) >= 11 is 0. The summed E-state index contributed by atoms with van der Waals surface area (Å²) in [5, 5.41) is 11.5. The predicted molar refractivity (Wildman–Crippen MR) is 116 cm³/mol. The maximum Gasteiger partial charge on any atom is 0.339 e. The molecular weight excluding hydrogens is 456 g/mol. The second-order valence-electron chi connectivity index (χ2n) is 11.9. The summed E-state index contributed by atoms with van der Waals surface area (Å²) < 4.78 is 29.4. The third-order valence-corrected chi connectivity index (χ3v) is 10.2. The molecule has 0 radical (unpaired) electrons. The van der Waals surface area contributed by atoms with Gasteiger partial charge in [-0.15, -0.1) is 0 Å². The number of fused-ring (bicyclic) bond motifs is 1. The predicted octanol–water partition coefficient (Wildman–Crippen LogP) is 2.94. The first-order valence-electron chi connectivity index (χ1n) is 12.2. The van der Waals surface area contributed by atoms with Crippen molar-refractivity contribution in [3.63, 3.8) is 0 Å².